The van der Waals surface area contributed by atoms with E-state index in [4.69, 9.17) is 16.4 Å². The minimum absolute atomic E-state index is 0.0632. The van der Waals surface area contributed by atoms with Crippen LogP contribution in [0.15, 0.2) is 18.2 Å². The van der Waals surface area contributed by atoms with E-state index < -0.39 is 0 Å². The Hall–Kier alpha value is -1.54. The Balaban J connectivity index is 2.85. The van der Waals surface area contributed by atoms with Gasteiger partial charge in [0.2, 0.25) is 0 Å². The van der Waals surface area contributed by atoms with Gasteiger partial charge in [0.05, 0.1) is 11.6 Å². The minimum atomic E-state index is -0.377. The van der Waals surface area contributed by atoms with Gasteiger partial charge in [0.1, 0.15) is 5.82 Å². The van der Waals surface area contributed by atoms with Crippen LogP contribution in [0.5, 0.6) is 0 Å². The third-order valence-electron chi connectivity index (χ3n) is 1.56. The van der Waals surface area contributed by atoms with Gasteiger partial charge >= 0.3 is 0 Å². The van der Waals surface area contributed by atoms with Crippen LogP contribution < -0.4 is 5.73 Å². The summed E-state index contributed by atoms with van der Waals surface area (Å²) >= 11 is 1.03. The Morgan fingerprint density at radius 3 is 2.93 bits per heavy atom. The molecular weight excluding hydrogens is 201 g/mol. The molecule has 0 aliphatic carbocycles. The van der Waals surface area contributed by atoms with Gasteiger partial charge in [-0.05, 0) is 23.8 Å². The quantitative estimate of drug-likeness (QED) is 0.576. The first-order valence-electron chi connectivity index (χ1n) is 3.79. The van der Waals surface area contributed by atoms with Crippen LogP contribution >= 0.6 is 11.8 Å². The summed E-state index contributed by atoms with van der Waals surface area (Å²) in [6.45, 7) is 0. The standard InChI is InChI=1S/C9H8FN3S/c10-8-2-1-6(4-11)3-7(8)5-14-9(12)13/h1-3H,5H2,(H3,12,13). The number of halogens is 1. The number of nitrogens with one attached hydrogen (secondary N) is 1. The summed E-state index contributed by atoms with van der Waals surface area (Å²) < 4.78 is 13.1. The lowest BCUT2D eigenvalue weighted by Crippen LogP contribution is -2.04. The Labute approximate surface area is 85.2 Å². The van der Waals surface area contributed by atoms with Crippen LogP contribution in [0, 0.1) is 22.6 Å². The number of rotatable bonds is 2. The van der Waals surface area contributed by atoms with Crippen LogP contribution in [0.25, 0.3) is 0 Å². The molecular formula is C9H8FN3S. The smallest absolute Gasteiger partial charge is 0.151 e. The third kappa shape index (κ3) is 2.75. The van der Waals surface area contributed by atoms with Gasteiger partial charge in [-0.2, -0.15) is 5.26 Å². The molecule has 0 unspecified atom stereocenters. The molecule has 1 aromatic rings. The van der Waals surface area contributed by atoms with E-state index in [1.54, 1.807) is 0 Å². The Morgan fingerprint density at radius 2 is 2.36 bits per heavy atom. The number of amidine groups is 1. The molecule has 1 rings (SSSR count). The van der Waals surface area contributed by atoms with Gasteiger partial charge in [0.25, 0.3) is 0 Å². The minimum Gasteiger partial charge on any atom is -0.379 e. The maximum atomic E-state index is 13.1. The largest absolute Gasteiger partial charge is 0.379 e. The molecule has 1 aromatic carbocycles. The van der Waals surface area contributed by atoms with E-state index in [-0.39, 0.29) is 16.7 Å². The zero-order valence-electron chi connectivity index (χ0n) is 7.25. The zero-order valence-corrected chi connectivity index (χ0v) is 8.07. The second-order valence-corrected chi connectivity index (χ2v) is 3.59. The van der Waals surface area contributed by atoms with Crippen molar-refractivity contribution in [1.82, 2.24) is 0 Å². The van der Waals surface area contributed by atoms with Crippen LogP contribution in [-0.2, 0) is 5.75 Å². The second kappa shape index (κ2) is 4.63. The summed E-state index contributed by atoms with van der Waals surface area (Å²) in [7, 11) is 0. The van der Waals surface area contributed by atoms with E-state index in [1.165, 1.54) is 18.2 Å². The molecule has 0 radical (unpaired) electrons. The molecule has 5 heteroatoms. The number of hydrogen-bond acceptors (Lipinski definition) is 3. The zero-order chi connectivity index (χ0) is 10.6. The first kappa shape index (κ1) is 10.5. The van der Waals surface area contributed by atoms with Gasteiger partial charge in [-0.25, -0.2) is 4.39 Å². The number of nitrogens with two attached hydrogens (primary N) is 1. The van der Waals surface area contributed by atoms with E-state index in [1.807, 2.05) is 6.07 Å². The molecule has 0 fully saturated rings. The molecule has 0 saturated heterocycles. The third-order valence-corrected chi connectivity index (χ3v) is 2.32. The van der Waals surface area contributed by atoms with Crippen LogP contribution in [0.3, 0.4) is 0 Å². The average Bonchev–Trinajstić information content (AvgIpc) is 2.16. The lowest BCUT2D eigenvalue weighted by molar-refractivity contribution is 0.617. The number of hydrogen-bond donors (Lipinski definition) is 2. The van der Waals surface area contributed by atoms with Crippen molar-refractivity contribution in [2.24, 2.45) is 5.73 Å². The maximum Gasteiger partial charge on any atom is 0.151 e. The van der Waals surface area contributed by atoms with Gasteiger partial charge in [-0.1, -0.05) is 11.8 Å². The molecule has 0 aliphatic rings. The highest BCUT2D eigenvalue weighted by molar-refractivity contribution is 8.13. The SMILES string of the molecule is N#Cc1ccc(F)c(CSC(=N)N)c1. The average molecular weight is 209 g/mol. The summed E-state index contributed by atoms with van der Waals surface area (Å²) in [4.78, 5) is 0. The van der Waals surface area contributed by atoms with Crippen molar-refractivity contribution in [3.63, 3.8) is 0 Å². The van der Waals surface area contributed by atoms with E-state index in [0.717, 1.165) is 11.8 Å². The van der Waals surface area contributed by atoms with Crippen LogP contribution in [0.1, 0.15) is 11.1 Å². The molecule has 3 N–H and O–H groups in total. The topological polar surface area (TPSA) is 73.7 Å². The number of nitrogens with zero attached hydrogens (tertiary/aromatic N) is 1. The molecule has 0 atom stereocenters. The molecule has 0 spiro atoms. The van der Waals surface area contributed by atoms with Crippen molar-refractivity contribution >= 4 is 16.9 Å². The van der Waals surface area contributed by atoms with E-state index in [9.17, 15) is 4.39 Å². The maximum absolute atomic E-state index is 13.1. The van der Waals surface area contributed by atoms with Gasteiger partial charge in [-0.3, -0.25) is 5.41 Å². The van der Waals surface area contributed by atoms with Crippen LogP contribution in [0.4, 0.5) is 4.39 Å². The summed E-state index contributed by atoms with van der Waals surface area (Å²) in [5.74, 6) is -0.103. The molecule has 0 aromatic heterocycles. The predicted octanol–water partition coefficient (Wildman–Crippen LogP) is 1.82. The second-order valence-electron chi connectivity index (χ2n) is 2.57. The van der Waals surface area contributed by atoms with Gasteiger partial charge in [0, 0.05) is 5.75 Å². The Bertz CT molecular complexity index is 398. The number of thioether (sulfide) groups is 1. The van der Waals surface area contributed by atoms with Crippen molar-refractivity contribution in [1.29, 1.82) is 10.7 Å². The molecule has 0 saturated carbocycles. The van der Waals surface area contributed by atoms with Crippen LogP contribution in [-0.4, -0.2) is 5.17 Å². The summed E-state index contributed by atoms with van der Waals surface area (Å²) in [5, 5.41) is 15.5. The fourth-order valence-electron chi connectivity index (χ4n) is 0.910. The number of benzene rings is 1. The summed E-state index contributed by atoms with van der Waals surface area (Å²) in [5.41, 5.74) is 5.92. The molecule has 3 nitrogen and oxygen atoms in total. The van der Waals surface area contributed by atoms with Gasteiger partial charge < -0.3 is 5.73 Å². The predicted molar refractivity (Wildman–Crippen MR) is 54.3 cm³/mol. The fraction of sp³-hybridized carbons (Fsp3) is 0.111. The monoisotopic (exact) mass is 209 g/mol. The molecule has 0 heterocycles. The number of nitriles is 1. The lowest BCUT2D eigenvalue weighted by atomic mass is 10.1. The Morgan fingerprint density at radius 1 is 1.64 bits per heavy atom. The summed E-state index contributed by atoms with van der Waals surface area (Å²) in [6, 6.07) is 6.04. The normalized spacial score (nSPS) is 9.43. The van der Waals surface area contributed by atoms with Crippen molar-refractivity contribution in [3.8, 4) is 6.07 Å². The van der Waals surface area contributed by atoms with E-state index in [0.29, 0.717) is 11.1 Å². The molecule has 72 valence electrons. The fourth-order valence-corrected chi connectivity index (χ4v) is 1.44. The first-order valence-corrected chi connectivity index (χ1v) is 4.77. The Kier molecular flexibility index (Phi) is 3.48. The molecule has 0 bridgehead atoms. The van der Waals surface area contributed by atoms with Crippen molar-refractivity contribution in [3.05, 3.63) is 35.1 Å². The van der Waals surface area contributed by atoms with Gasteiger partial charge in [0.15, 0.2) is 5.17 Å². The molecule has 0 amide bonds. The highest BCUT2D eigenvalue weighted by atomic mass is 32.2. The first-order chi connectivity index (χ1) is 6.63. The van der Waals surface area contributed by atoms with Gasteiger partial charge in [-0.15, -0.1) is 0 Å². The van der Waals surface area contributed by atoms with Crippen molar-refractivity contribution in [2.45, 2.75) is 5.75 Å². The molecule has 0 aliphatic heterocycles. The van der Waals surface area contributed by atoms with Crippen molar-refractivity contribution in [2.75, 3.05) is 0 Å². The van der Waals surface area contributed by atoms with E-state index in [2.05, 4.69) is 0 Å². The van der Waals surface area contributed by atoms with Crippen molar-refractivity contribution < 1.29 is 4.39 Å². The highest BCUT2D eigenvalue weighted by Crippen LogP contribution is 2.16. The summed E-state index contributed by atoms with van der Waals surface area (Å²) in [6.07, 6.45) is 0. The van der Waals surface area contributed by atoms with E-state index >= 15 is 0 Å². The highest BCUT2D eigenvalue weighted by Gasteiger charge is 2.04. The van der Waals surface area contributed by atoms with Crippen LogP contribution in [0.2, 0.25) is 0 Å². The lowest BCUT2D eigenvalue weighted by Gasteiger charge is -2.01. The molecule has 14 heavy (non-hydrogen) atoms.